The van der Waals surface area contributed by atoms with Gasteiger partial charge in [0.25, 0.3) is 0 Å². The Hall–Kier alpha value is -1.91. The third-order valence-corrected chi connectivity index (χ3v) is 3.62. The normalized spacial score (nSPS) is 15.5. The molecular weight excluding hydrogens is 238 g/mol. The molecule has 0 fully saturated rings. The molecule has 2 heterocycles. The van der Waals surface area contributed by atoms with Crippen LogP contribution in [0.2, 0.25) is 0 Å². The molecule has 0 radical (unpaired) electrons. The second-order valence-corrected chi connectivity index (χ2v) is 5.03. The zero-order valence-electron chi connectivity index (χ0n) is 11.3. The summed E-state index contributed by atoms with van der Waals surface area (Å²) in [7, 11) is 1.94. The van der Waals surface area contributed by atoms with Gasteiger partial charge in [-0.3, -0.25) is 0 Å². The van der Waals surface area contributed by atoms with Crippen molar-refractivity contribution in [1.82, 2.24) is 19.5 Å². The van der Waals surface area contributed by atoms with E-state index in [1.165, 1.54) is 25.7 Å². The first-order valence-electron chi connectivity index (χ1n) is 6.88. The molecule has 0 atom stereocenters. The Morgan fingerprint density at radius 1 is 1.26 bits per heavy atom. The zero-order valence-corrected chi connectivity index (χ0v) is 11.3. The highest BCUT2D eigenvalue weighted by molar-refractivity contribution is 5.82. The fourth-order valence-electron chi connectivity index (χ4n) is 2.55. The average Bonchev–Trinajstić information content (AvgIpc) is 2.83. The van der Waals surface area contributed by atoms with Gasteiger partial charge in [0.2, 0.25) is 0 Å². The van der Waals surface area contributed by atoms with Gasteiger partial charge in [-0.05, 0) is 32.1 Å². The Balaban J connectivity index is 1.66. The van der Waals surface area contributed by atoms with E-state index in [4.69, 9.17) is 0 Å². The number of rotatable bonds is 4. The number of aryl methyl sites for hydroxylation is 1. The van der Waals surface area contributed by atoms with Gasteiger partial charge in [0.05, 0.1) is 6.33 Å². The number of nitrogens with zero attached hydrogens (tertiary/aromatic N) is 4. The van der Waals surface area contributed by atoms with Gasteiger partial charge >= 0.3 is 0 Å². The molecule has 0 aromatic carbocycles. The largest absolute Gasteiger partial charge is 0.368 e. The molecular formula is C14H19N5. The molecule has 100 valence electrons. The summed E-state index contributed by atoms with van der Waals surface area (Å²) in [4.78, 5) is 12.9. The lowest BCUT2D eigenvalue weighted by Gasteiger charge is -2.13. The Kier molecular flexibility index (Phi) is 3.44. The molecule has 5 nitrogen and oxygen atoms in total. The van der Waals surface area contributed by atoms with Crippen molar-refractivity contribution in [2.45, 2.75) is 32.1 Å². The highest BCUT2D eigenvalue weighted by atomic mass is 15.1. The van der Waals surface area contributed by atoms with Crippen LogP contribution in [-0.2, 0) is 7.05 Å². The molecule has 0 spiro atoms. The van der Waals surface area contributed by atoms with Crippen LogP contribution in [0.4, 0.5) is 5.82 Å². The summed E-state index contributed by atoms with van der Waals surface area (Å²) < 4.78 is 1.91. The van der Waals surface area contributed by atoms with Crippen LogP contribution in [0.3, 0.4) is 0 Å². The summed E-state index contributed by atoms with van der Waals surface area (Å²) in [5.74, 6) is 0.835. The molecule has 0 bridgehead atoms. The number of imidazole rings is 1. The van der Waals surface area contributed by atoms with Gasteiger partial charge in [-0.1, -0.05) is 11.6 Å². The van der Waals surface area contributed by atoms with Crippen molar-refractivity contribution in [2.24, 2.45) is 7.05 Å². The first-order valence-corrected chi connectivity index (χ1v) is 6.88. The molecule has 0 saturated heterocycles. The number of fused-ring (bicyclic) bond motifs is 1. The predicted molar refractivity (Wildman–Crippen MR) is 76.0 cm³/mol. The lowest BCUT2D eigenvalue weighted by atomic mass is 9.97. The summed E-state index contributed by atoms with van der Waals surface area (Å²) in [5.41, 5.74) is 3.29. The van der Waals surface area contributed by atoms with Gasteiger partial charge in [-0.2, -0.15) is 0 Å². The van der Waals surface area contributed by atoms with Crippen LogP contribution < -0.4 is 5.32 Å². The van der Waals surface area contributed by atoms with Crippen LogP contribution >= 0.6 is 0 Å². The second kappa shape index (κ2) is 5.38. The van der Waals surface area contributed by atoms with Crippen molar-refractivity contribution in [3.8, 4) is 0 Å². The summed E-state index contributed by atoms with van der Waals surface area (Å²) in [6.45, 7) is 0.911. The smallest absolute Gasteiger partial charge is 0.165 e. The van der Waals surface area contributed by atoms with E-state index >= 15 is 0 Å². The third-order valence-electron chi connectivity index (χ3n) is 3.62. The van der Waals surface area contributed by atoms with E-state index in [0.717, 1.165) is 29.9 Å². The molecule has 1 aliphatic carbocycles. The van der Waals surface area contributed by atoms with Crippen LogP contribution in [-0.4, -0.2) is 26.1 Å². The van der Waals surface area contributed by atoms with Gasteiger partial charge < -0.3 is 9.88 Å². The van der Waals surface area contributed by atoms with Gasteiger partial charge in [-0.25, -0.2) is 15.0 Å². The van der Waals surface area contributed by atoms with Crippen molar-refractivity contribution in [2.75, 3.05) is 11.9 Å². The van der Waals surface area contributed by atoms with Crippen molar-refractivity contribution < 1.29 is 0 Å². The van der Waals surface area contributed by atoms with E-state index in [1.807, 2.05) is 11.6 Å². The first-order chi connectivity index (χ1) is 9.34. The van der Waals surface area contributed by atoms with E-state index in [2.05, 4.69) is 26.3 Å². The lowest BCUT2D eigenvalue weighted by molar-refractivity contribution is 0.679. The maximum atomic E-state index is 4.34. The monoisotopic (exact) mass is 257 g/mol. The number of aromatic nitrogens is 4. The minimum atomic E-state index is 0.835. The van der Waals surface area contributed by atoms with Crippen LogP contribution in [0.25, 0.3) is 11.2 Å². The van der Waals surface area contributed by atoms with Crippen molar-refractivity contribution in [3.05, 3.63) is 24.3 Å². The van der Waals surface area contributed by atoms with E-state index in [-0.39, 0.29) is 0 Å². The lowest BCUT2D eigenvalue weighted by Crippen LogP contribution is -2.06. The van der Waals surface area contributed by atoms with Crippen LogP contribution in [0.15, 0.2) is 24.3 Å². The first kappa shape index (κ1) is 12.1. The third kappa shape index (κ3) is 2.59. The van der Waals surface area contributed by atoms with E-state index in [1.54, 1.807) is 18.2 Å². The molecule has 19 heavy (non-hydrogen) atoms. The van der Waals surface area contributed by atoms with Gasteiger partial charge in [0.15, 0.2) is 11.5 Å². The number of anilines is 1. The molecule has 1 N–H and O–H groups in total. The quantitative estimate of drug-likeness (QED) is 0.856. The van der Waals surface area contributed by atoms with Crippen molar-refractivity contribution in [3.63, 3.8) is 0 Å². The number of hydrogen-bond donors (Lipinski definition) is 1. The maximum absolute atomic E-state index is 4.34. The Labute approximate surface area is 112 Å². The summed E-state index contributed by atoms with van der Waals surface area (Å²) in [6.07, 6.45) is 12.0. The van der Waals surface area contributed by atoms with Crippen molar-refractivity contribution in [1.29, 1.82) is 0 Å². The fourth-order valence-corrected chi connectivity index (χ4v) is 2.55. The number of hydrogen-bond acceptors (Lipinski definition) is 4. The van der Waals surface area contributed by atoms with E-state index in [9.17, 15) is 0 Å². The molecule has 0 aliphatic heterocycles. The molecule has 1 aliphatic rings. The standard InChI is InChI=1S/C14H19N5/c1-19-10-18-12-13(16-9-17-14(12)19)15-8-7-11-5-3-2-4-6-11/h5,9-10H,2-4,6-8H2,1H3,(H,15,16,17). The van der Waals surface area contributed by atoms with Crippen molar-refractivity contribution >= 4 is 17.0 Å². The fraction of sp³-hybridized carbons (Fsp3) is 0.500. The summed E-state index contributed by atoms with van der Waals surface area (Å²) >= 11 is 0. The summed E-state index contributed by atoms with van der Waals surface area (Å²) in [6, 6.07) is 0. The van der Waals surface area contributed by atoms with Gasteiger partial charge in [0.1, 0.15) is 11.8 Å². The SMILES string of the molecule is Cn1cnc2c(NCCC3=CCCCC3)ncnc21. The van der Waals surface area contributed by atoms with Gasteiger partial charge in [0, 0.05) is 13.6 Å². The zero-order chi connectivity index (χ0) is 13.1. The molecule has 0 unspecified atom stereocenters. The van der Waals surface area contributed by atoms with E-state index < -0.39 is 0 Å². The number of allylic oxidation sites excluding steroid dienone is 1. The minimum Gasteiger partial charge on any atom is -0.368 e. The van der Waals surface area contributed by atoms with E-state index in [0.29, 0.717) is 0 Å². The second-order valence-electron chi connectivity index (χ2n) is 5.03. The topological polar surface area (TPSA) is 55.6 Å². The Morgan fingerprint density at radius 2 is 2.21 bits per heavy atom. The maximum Gasteiger partial charge on any atom is 0.165 e. The highest BCUT2D eigenvalue weighted by Crippen LogP contribution is 2.21. The molecule has 2 aromatic heterocycles. The average molecular weight is 257 g/mol. The summed E-state index contributed by atoms with van der Waals surface area (Å²) in [5, 5.41) is 3.38. The van der Waals surface area contributed by atoms with Gasteiger partial charge in [-0.15, -0.1) is 0 Å². The Bertz CT molecular complexity index is 599. The minimum absolute atomic E-state index is 0.835. The van der Waals surface area contributed by atoms with Crippen LogP contribution in [0.5, 0.6) is 0 Å². The van der Waals surface area contributed by atoms with Crippen LogP contribution in [0.1, 0.15) is 32.1 Å². The molecule has 0 saturated carbocycles. The number of nitrogens with one attached hydrogen (secondary N) is 1. The molecule has 2 aromatic rings. The molecule has 0 amide bonds. The molecule has 3 rings (SSSR count). The van der Waals surface area contributed by atoms with Crippen LogP contribution in [0, 0.1) is 0 Å². The Morgan fingerprint density at radius 3 is 3.05 bits per heavy atom. The highest BCUT2D eigenvalue weighted by Gasteiger charge is 2.08. The predicted octanol–water partition coefficient (Wildman–Crippen LogP) is 2.67. The molecule has 5 heteroatoms.